The number of thiophene rings is 1. The van der Waals surface area contributed by atoms with Gasteiger partial charge in [0.15, 0.2) is 0 Å². The smallest absolute Gasteiger partial charge is 0.796 e. The number of benzene rings is 1. The molecule has 0 radical (unpaired) electrons. The van der Waals surface area contributed by atoms with Crippen molar-refractivity contribution in [2.45, 2.75) is 32.9 Å². The third-order valence-corrected chi connectivity index (χ3v) is 6.58. The zero-order chi connectivity index (χ0) is 24.1. The standard InChI is InChI=1S/C22H20ClN3O4S.CH4S.K/c1-3-15(27)11-26-21-18(20(28)25-22(26)29)12(2)19(31-21)13-4-9-17(24-10-13)30-16-7-5-14(23)6-8-16;1-2;/h4-10,15,27H,3,11H2,1-2H3,(H,25,28,29);2H,1H3;/q;;+1/p-1/t15-;;/m0../s1. The predicted octanol–water partition coefficient (Wildman–Crippen LogP) is 1.51. The van der Waals surface area contributed by atoms with Crippen molar-refractivity contribution in [3.8, 4) is 22.1 Å². The van der Waals surface area contributed by atoms with Crippen LogP contribution in [0.2, 0.25) is 5.02 Å². The molecule has 7 nitrogen and oxygen atoms in total. The molecule has 3 aromatic heterocycles. The van der Waals surface area contributed by atoms with E-state index in [1.54, 1.807) is 42.8 Å². The Morgan fingerprint density at radius 2 is 1.88 bits per heavy atom. The average molecular weight is 544 g/mol. The van der Waals surface area contributed by atoms with Gasteiger partial charge in [-0.25, -0.2) is 9.78 Å². The van der Waals surface area contributed by atoms with E-state index in [-0.39, 0.29) is 57.9 Å². The van der Waals surface area contributed by atoms with E-state index in [0.717, 1.165) is 16.0 Å². The quantitative estimate of drug-likeness (QED) is 0.283. The van der Waals surface area contributed by atoms with Crippen LogP contribution in [-0.2, 0) is 19.2 Å². The van der Waals surface area contributed by atoms with Crippen molar-refractivity contribution in [3.05, 3.63) is 74.0 Å². The fraction of sp³-hybridized carbons (Fsp3) is 0.261. The second-order valence-electron chi connectivity index (χ2n) is 7.11. The molecule has 2 N–H and O–H groups in total. The Morgan fingerprint density at radius 3 is 2.47 bits per heavy atom. The Bertz CT molecular complexity index is 1350. The number of aliphatic hydroxyl groups is 1. The summed E-state index contributed by atoms with van der Waals surface area (Å²) in [6.45, 7) is 3.80. The molecule has 0 aliphatic rings. The first-order valence-electron chi connectivity index (χ1n) is 10.1. The number of halogens is 1. The van der Waals surface area contributed by atoms with Gasteiger partial charge < -0.3 is 22.5 Å². The van der Waals surface area contributed by atoms with Crippen LogP contribution in [0.4, 0.5) is 0 Å². The maximum Gasteiger partial charge on any atom is 1.00 e. The van der Waals surface area contributed by atoms with E-state index in [1.165, 1.54) is 15.9 Å². The Kier molecular flexibility index (Phi) is 11.5. The molecule has 1 aromatic carbocycles. The van der Waals surface area contributed by atoms with Gasteiger partial charge in [0.25, 0.3) is 5.56 Å². The fourth-order valence-electron chi connectivity index (χ4n) is 3.25. The van der Waals surface area contributed by atoms with E-state index in [2.05, 4.69) is 22.6 Å². The molecule has 0 spiro atoms. The molecule has 174 valence electrons. The zero-order valence-electron chi connectivity index (χ0n) is 19.3. The Morgan fingerprint density at radius 1 is 1.21 bits per heavy atom. The number of aryl methyl sites for hydroxylation is 1. The number of aromatic amines is 1. The third-order valence-electron chi connectivity index (χ3n) is 4.97. The van der Waals surface area contributed by atoms with Crippen LogP contribution >= 0.6 is 22.9 Å². The first-order valence-corrected chi connectivity index (χ1v) is 12.1. The van der Waals surface area contributed by atoms with Crippen molar-refractivity contribution in [3.63, 3.8) is 0 Å². The number of pyridine rings is 1. The number of H-pyrrole nitrogens is 1. The molecule has 34 heavy (non-hydrogen) atoms. The monoisotopic (exact) mass is 543 g/mol. The van der Waals surface area contributed by atoms with Gasteiger partial charge in [-0.05, 0) is 49.2 Å². The van der Waals surface area contributed by atoms with Gasteiger partial charge in [0.05, 0.1) is 18.0 Å². The molecule has 3 heterocycles. The van der Waals surface area contributed by atoms with Gasteiger partial charge in [-0.1, -0.05) is 18.5 Å². The first-order chi connectivity index (χ1) is 15.9. The summed E-state index contributed by atoms with van der Waals surface area (Å²) < 4.78 is 7.16. The molecule has 0 aliphatic carbocycles. The normalized spacial score (nSPS) is 11.4. The summed E-state index contributed by atoms with van der Waals surface area (Å²) in [7, 11) is 0. The van der Waals surface area contributed by atoms with E-state index in [4.69, 9.17) is 16.3 Å². The van der Waals surface area contributed by atoms with Crippen molar-refractivity contribution in [1.82, 2.24) is 14.5 Å². The third kappa shape index (κ3) is 6.62. The van der Waals surface area contributed by atoms with Crippen LogP contribution in [0, 0.1) is 6.92 Å². The first kappa shape index (κ1) is 29.3. The zero-order valence-corrected chi connectivity index (χ0v) is 24.8. The van der Waals surface area contributed by atoms with Gasteiger partial charge in [0, 0.05) is 27.7 Å². The van der Waals surface area contributed by atoms with Gasteiger partial charge in [-0.15, -0.1) is 11.3 Å². The van der Waals surface area contributed by atoms with Crippen LogP contribution in [0.25, 0.3) is 20.7 Å². The van der Waals surface area contributed by atoms with Gasteiger partial charge >= 0.3 is 57.1 Å². The number of aromatic nitrogens is 3. The number of nitrogens with zero attached hydrogens (tertiary/aromatic N) is 2. The molecule has 11 heteroatoms. The largest absolute Gasteiger partial charge is 1.00 e. The minimum absolute atomic E-state index is 0. The molecule has 4 rings (SSSR count). The minimum Gasteiger partial charge on any atom is -0.796 e. The summed E-state index contributed by atoms with van der Waals surface area (Å²) in [6, 6.07) is 10.6. The van der Waals surface area contributed by atoms with Crippen LogP contribution in [0.15, 0.2) is 52.2 Å². The summed E-state index contributed by atoms with van der Waals surface area (Å²) in [5.41, 5.74) is 0.603. The Labute approximate surface area is 254 Å². The average Bonchev–Trinajstić information content (AvgIpc) is 3.17. The molecule has 0 saturated heterocycles. The molecular weight excluding hydrogens is 521 g/mol. The molecule has 0 fully saturated rings. The Hall–Kier alpha value is -0.954. The number of rotatable bonds is 6. The van der Waals surface area contributed by atoms with E-state index < -0.39 is 17.4 Å². The topological polar surface area (TPSA) is 97.2 Å². The van der Waals surface area contributed by atoms with Crippen LogP contribution in [0.3, 0.4) is 0 Å². The summed E-state index contributed by atoms with van der Waals surface area (Å²) in [6.07, 6.45) is 3.08. The van der Waals surface area contributed by atoms with Gasteiger partial charge in [-0.3, -0.25) is 14.3 Å². The van der Waals surface area contributed by atoms with Crippen molar-refractivity contribution in [2.75, 3.05) is 6.26 Å². The van der Waals surface area contributed by atoms with E-state index in [1.807, 2.05) is 19.9 Å². The summed E-state index contributed by atoms with van der Waals surface area (Å²) in [5.74, 6) is 1.04. The van der Waals surface area contributed by atoms with Crippen molar-refractivity contribution < 1.29 is 61.2 Å². The molecule has 0 bridgehead atoms. The van der Waals surface area contributed by atoms with Gasteiger partial charge in [0.2, 0.25) is 5.88 Å². The SMILES string of the molecule is CC[C@H](O)Cn1c(=O)[nH]c(=O)c2c(C)c(-c3ccc(Oc4ccc(Cl)cc4)nc3)sc21.C[S-].[K+]. The second-order valence-corrected chi connectivity index (χ2v) is 8.54. The molecule has 1 atom stereocenters. The summed E-state index contributed by atoms with van der Waals surface area (Å²) >= 11 is 11.3. The molecular formula is C23H23ClKN3O4S2. The van der Waals surface area contributed by atoms with Crippen LogP contribution in [0.5, 0.6) is 11.6 Å². The number of aliphatic hydroxyl groups excluding tert-OH is 1. The van der Waals surface area contributed by atoms with E-state index in [9.17, 15) is 14.7 Å². The van der Waals surface area contributed by atoms with E-state index >= 15 is 0 Å². The number of ether oxygens (including phenoxy) is 1. The summed E-state index contributed by atoms with van der Waals surface area (Å²) in [4.78, 5) is 32.9. The number of hydrogen-bond acceptors (Lipinski definition) is 7. The second kappa shape index (κ2) is 13.4. The maximum absolute atomic E-state index is 12.5. The Balaban J connectivity index is 0.00000133. The predicted molar refractivity (Wildman–Crippen MR) is 136 cm³/mol. The summed E-state index contributed by atoms with van der Waals surface area (Å²) in [5, 5.41) is 11.1. The molecule has 0 aliphatic heterocycles. The number of hydrogen-bond donors (Lipinski definition) is 2. The number of fused-ring (bicyclic) bond motifs is 1. The van der Waals surface area contributed by atoms with Crippen LogP contribution in [-0.4, -0.2) is 32.0 Å². The molecule has 0 saturated carbocycles. The molecule has 4 aromatic rings. The molecule has 0 unspecified atom stereocenters. The van der Waals surface area contributed by atoms with Crippen molar-refractivity contribution in [2.24, 2.45) is 0 Å². The minimum atomic E-state index is -0.677. The fourth-order valence-corrected chi connectivity index (χ4v) is 4.68. The van der Waals surface area contributed by atoms with Gasteiger partial charge in [0.1, 0.15) is 10.6 Å². The molecule has 0 amide bonds. The van der Waals surface area contributed by atoms with Crippen molar-refractivity contribution >= 4 is 45.8 Å². The van der Waals surface area contributed by atoms with Gasteiger partial charge in [-0.2, -0.15) is 6.26 Å². The number of nitrogens with one attached hydrogen (secondary N) is 1. The van der Waals surface area contributed by atoms with E-state index in [0.29, 0.717) is 33.3 Å². The van der Waals surface area contributed by atoms with Crippen LogP contribution < -0.4 is 67.4 Å². The van der Waals surface area contributed by atoms with Crippen molar-refractivity contribution in [1.29, 1.82) is 0 Å². The maximum atomic E-state index is 12.5. The van der Waals surface area contributed by atoms with Crippen LogP contribution in [0.1, 0.15) is 18.9 Å².